The van der Waals surface area contributed by atoms with Gasteiger partial charge in [0.25, 0.3) is 0 Å². The monoisotopic (exact) mass is 270 g/mol. The highest BCUT2D eigenvalue weighted by atomic mass is 14.4. The normalized spacial score (nSPS) is 10.0. The van der Waals surface area contributed by atoms with Crippen LogP contribution in [-0.2, 0) is 0 Å². The first-order chi connectivity index (χ1) is 9.74. The van der Waals surface area contributed by atoms with Crippen molar-refractivity contribution >= 4 is 0 Å². The number of nitrogens with zero attached hydrogens (tertiary/aromatic N) is 4. The molecule has 20 heavy (non-hydrogen) atoms. The van der Waals surface area contributed by atoms with Crippen molar-refractivity contribution in [3.8, 4) is 24.3 Å². The lowest BCUT2D eigenvalue weighted by Gasteiger charge is -2.13. The van der Waals surface area contributed by atoms with Crippen molar-refractivity contribution < 1.29 is 0 Å². The van der Waals surface area contributed by atoms with E-state index in [4.69, 9.17) is 21.0 Å². The van der Waals surface area contributed by atoms with Crippen LogP contribution in [0.3, 0.4) is 0 Å². The first-order valence-electron chi connectivity index (χ1n) is 7.31. The minimum Gasteiger partial charge on any atom is -0.198 e. The third kappa shape index (κ3) is 8.13. The summed E-state index contributed by atoms with van der Waals surface area (Å²) in [5.74, 6) is 0. The standard InChI is InChI=1S/C16H22N4/c17-12-9-7-5-3-1-2-4-6-8-10-16(14-19,15-20)11-13-18/h1-11H2. The second-order valence-corrected chi connectivity index (χ2v) is 5.13. The smallest absolute Gasteiger partial charge is 0.156 e. The average Bonchev–Trinajstić information content (AvgIpc) is 2.48. The van der Waals surface area contributed by atoms with Gasteiger partial charge in [0, 0.05) is 6.42 Å². The summed E-state index contributed by atoms with van der Waals surface area (Å²) in [4.78, 5) is 0. The summed E-state index contributed by atoms with van der Waals surface area (Å²) in [6.45, 7) is 0. The molecule has 0 saturated heterocycles. The third-order valence-electron chi connectivity index (χ3n) is 3.45. The number of unbranched alkanes of at least 4 members (excludes halogenated alkanes) is 8. The summed E-state index contributed by atoms with van der Waals surface area (Å²) in [5, 5.41) is 35.1. The fourth-order valence-corrected chi connectivity index (χ4v) is 2.13. The molecule has 0 spiro atoms. The zero-order valence-electron chi connectivity index (χ0n) is 12.1. The molecule has 0 aromatic rings. The second kappa shape index (κ2) is 12.0. The van der Waals surface area contributed by atoms with E-state index in [2.05, 4.69) is 6.07 Å². The van der Waals surface area contributed by atoms with Crippen LogP contribution in [0.5, 0.6) is 0 Å². The molecule has 0 bridgehead atoms. The number of hydrogen-bond acceptors (Lipinski definition) is 4. The molecular formula is C16H22N4. The Morgan fingerprint density at radius 1 is 0.600 bits per heavy atom. The van der Waals surface area contributed by atoms with Crippen LogP contribution in [0.2, 0.25) is 0 Å². The van der Waals surface area contributed by atoms with Gasteiger partial charge in [0.1, 0.15) is 0 Å². The highest BCUT2D eigenvalue weighted by Crippen LogP contribution is 2.27. The van der Waals surface area contributed by atoms with Gasteiger partial charge in [-0.25, -0.2) is 0 Å². The van der Waals surface area contributed by atoms with Crippen molar-refractivity contribution in [1.82, 2.24) is 0 Å². The molecule has 4 heteroatoms. The van der Waals surface area contributed by atoms with Gasteiger partial charge < -0.3 is 0 Å². The first kappa shape index (κ1) is 18.0. The molecule has 0 aromatic heterocycles. The van der Waals surface area contributed by atoms with Gasteiger partial charge in [-0.1, -0.05) is 44.9 Å². The lowest BCUT2D eigenvalue weighted by molar-refractivity contribution is 0.447. The zero-order valence-corrected chi connectivity index (χ0v) is 12.1. The van der Waals surface area contributed by atoms with Gasteiger partial charge in [-0.05, 0) is 12.8 Å². The number of hydrogen-bond donors (Lipinski definition) is 0. The summed E-state index contributed by atoms with van der Waals surface area (Å²) >= 11 is 0. The van der Waals surface area contributed by atoms with Crippen molar-refractivity contribution in [2.75, 3.05) is 0 Å². The fraction of sp³-hybridized carbons (Fsp3) is 0.750. The zero-order chi connectivity index (χ0) is 15.1. The first-order valence-corrected chi connectivity index (χ1v) is 7.31. The minimum absolute atomic E-state index is 0.00110. The molecule has 0 fully saturated rings. The van der Waals surface area contributed by atoms with E-state index in [0.29, 0.717) is 12.8 Å². The van der Waals surface area contributed by atoms with E-state index in [-0.39, 0.29) is 6.42 Å². The molecule has 0 aromatic carbocycles. The fourth-order valence-electron chi connectivity index (χ4n) is 2.13. The summed E-state index contributed by atoms with van der Waals surface area (Å²) in [6, 6.07) is 8.05. The van der Waals surface area contributed by atoms with Gasteiger partial charge in [0.15, 0.2) is 5.41 Å². The van der Waals surface area contributed by atoms with E-state index in [1.807, 2.05) is 18.2 Å². The number of rotatable bonds is 11. The highest BCUT2D eigenvalue weighted by molar-refractivity contribution is 5.16. The summed E-state index contributed by atoms with van der Waals surface area (Å²) in [5.41, 5.74) is -1.11. The molecule has 0 amide bonds. The topological polar surface area (TPSA) is 95.2 Å². The van der Waals surface area contributed by atoms with Gasteiger partial charge in [-0.3, -0.25) is 0 Å². The molecule has 4 nitrogen and oxygen atoms in total. The van der Waals surface area contributed by atoms with Crippen molar-refractivity contribution in [3.63, 3.8) is 0 Å². The Balaban J connectivity index is 3.58. The maximum absolute atomic E-state index is 9.00. The van der Waals surface area contributed by atoms with E-state index in [1.54, 1.807) is 0 Å². The number of nitriles is 4. The van der Waals surface area contributed by atoms with Crippen LogP contribution in [0, 0.1) is 50.7 Å². The molecule has 0 unspecified atom stereocenters. The van der Waals surface area contributed by atoms with Crippen molar-refractivity contribution in [2.45, 2.75) is 70.6 Å². The van der Waals surface area contributed by atoms with Gasteiger partial charge in [0.05, 0.1) is 30.7 Å². The molecule has 0 aliphatic heterocycles. The second-order valence-electron chi connectivity index (χ2n) is 5.13. The lowest BCUT2D eigenvalue weighted by atomic mass is 9.83. The Morgan fingerprint density at radius 3 is 1.55 bits per heavy atom. The van der Waals surface area contributed by atoms with E-state index in [9.17, 15) is 0 Å². The van der Waals surface area contributed by atoms with Crippen LogP contribution < -0.4 is 0 Å². The van der Waals surface area contributed by atoms with Crippen LogP contribution in [0.1, 0.15) is 70.6 Å². The molecule has 106 valence electrons. The van der Waals surface area contributed by atoms with Gasteiger partial charge in [-0.2, -0.15) is 21.0 Å². The van der Waals surface area contributed by atoms with Gasteiger partial charge in [0.2, 0.25) is 0 Å². The van der Waals surface area contributed by atoms with Crippen molar-refractivity contribution in [1.29, 1.82) is 21.0 Å². The summed E-state index contributed by atoms with van der Waals surface area (Å²) in [6.07, 6.45) is 9.75. The Labute approximate surface area is 122 Å². The SMILES string of the molecule is N#CCCCCCCCCCCC(C#N)(C#N)CC#N. The highest BCUT2D eigenvalue weighted by Gasteiger charge is 2.29. The Kier molecular flexibility index (Phi) is 10.8. The third-order valence-corrected chi connectivity index (χ3v) is 3.45. The predicted molar refractivity (Wildman–Crippen MR) is 75.7 cm³/mol. The largest absolute Gasteiger partial charge is 0.198 e. The summed E-state index contributed by atoms with van der Waals surface area (Å²) < 4.78 is 0. The van der Waals surface area contributed by atoms with Gasteiger partial charge >= 0.3 is 0 Å². The Hall–Kier alpha value is -2.04. The van der Waals surface area contributed by atoms with Crippen molar-refractivity contribution in [2.24, 2.45) is 5.41 Å². The van der Waals surface area contributed by atoms with Crippen molar-refractivity contribution in [3.05, 3.63) is 0 Å². The van der Waals surface area contributed by atoms with E-state index < -0.39 is 5.41 Å². The molecule has 0 aliphatic carbocycles. The molecule has 0 rings (SSSR count). The quantitative estimate of drug-likeness (QED) is 0.521. The lowest BCUT2D eigenvalue weighted by Crippen LogP contribution is -2.15. The molecule has 0 aliphatic rings. The molecule has 0 heterocycles. The van der Waals surface area contributed by atoms with E-state index in [1.165, 1.54) is 12.8 Å². The van der Waals surface area contributed by atoms with Crippen LogP contribution >= 0.6 is 0 Å². The molecular weight excluding hydrogens is 248 g/mol. The molecule has 0 N–H and O–H groups in total. The molecule has 0 atom stereocenters. The average molecular weight is 270 g/mol. The maximum Gasteiger partial charge on any atom is 0.156 e. The van der Waals surface area contributed by atoms with Crippen LogP contribution in [-0.4, -0.2) is 0 Å². The predicted octanol–water partition coefficient (Wildman–Crippen LogP) is 4.36. The van der Waals surface area contributed by atoms with Crippen LogP contribution in [0.4, 0.5) is 0 Å². The van der Waals surface area contributed by atoms with Crippen LogP contribution in [0.15, 0.2) is 0 Å². The van der Waals surface area contributed by atoms with E-state index in [0.717, 1.165) is 38.5 Å². The summed E-state index contributed by atoms with van der Waals surface area (Å²) in [7, 11) is 0. The minimum atomic E-state index is -1.11. The molecule has 0 radical (unpaired) electrons. The van der Waals surface area contributed by atoms with Crippen LogP contribution in [0.25, 0.3) is 0 Å². The Bertz CT molecular complexity index is 400. The van der Waals surface area contributed by atoms with Gasteiger partial charge in [-0.15, -0.1) is 0 Å². The Morgan fingerprint density at radius 2 is 1.10 bits per heavy atom. The molecule has 0 saturated carbocycles. The van der Waals surface area contributed by atoms with E-state index >= 15 is 0 Å². The maximum atomic E-state index is 9.00.